The lowest BCUT2D eigenvalue weighted by molar-refractivity contribution is -0.108. The zero-order valence-electron chi connectivity index (χ0n) is 14.6. The van der Waals surface area contributed by atoms with Gasteiger partial charge in [0, 0.05) is 30.6 Å². The third-order valence-corrected chi connectivity index (χ3v) is 3.52. The van der Waals surface area contributed by atoms with Crippen LogP contribution >= 0.6 is 15.9 Å². The normalized spacial score (nSPS) is 12.2. The first-order chi connectivity index (χ1) is 11.7. The lowest BCUT2D eigenvalue weighted by Crippen LogP contribution is -2.24. The van der Waals surface area contributed by atoms with Crippen molar-refractivity contribution in [2.24, 2.45) is 0 Å². The van der Waals surface area contributed by atoms with E-state index < -0.39 is 0 Å². The third kappa shape index (κ3) is 17.4. The maximum Gasteiger partial charge on any atom is 0.119 e. The van der Waals surface area contributed by atoms with Crippen molar-refractivity contribution in [3.05, 3.63) is 35.0 Å². The zero-order chi connectivity index (χ0) is 17.9. The summed E-state index contributed by atoms with van der Waals surface area (Å²) in [4.78, 5) is 10.1. The molecule has 0 amide bonds. The topological polar surface area (TPSA) is 56.8 Å². The number of hydrogen-bond donors (Lipinski definition) is 1. The Morgan fingerprint density at radius 2 is 1.75 bits per heavy atom. The number of carbonyl (C=O) groups is 1. The van der Waals surface area contributed by atoms with Crippen LogP contribution in [-0.4, -0.2) is 52.4 Å². The number of allylic oxidation sites excluding steroid dienone is 5. The fraction of sp³-hybridized carbons (Fsp3) is 0.611. The fourth-order valence-electron chi connectivity index (χ4n) is 1.62. The summed E-state index contributed by atoms with van der Waals surface area (Å²) in [6, 6.07) is 0. The van der Waals surface area contributed by atoms with E-state index in [2.05, 4.69) is 27.8 Å². The molecular weight excluding hydrogens is 374 g/mol. The molecule has 0 heterocycles. The van der Waals surface area contributed by atoms with Crippen LogP contribution in [0.2, 0.25) is 0 Å². The number of ether oxygens (including phenoxy) is 3. The van der Waals surface area contributed by atoms with E-state index in [0.717, 1.165) is 49.1 Å². The van der Waals surface area contributed by atoms with E-state index >= 15 is 0 Å². The van der Waals surface area contributed by atoms with Crippen LogP contribution in [-0.2, 0) is 19.0 Å². The van der Waals surface area contributed by atoms with E-state index in [4.69, 9.17) is 14.2 Å². The minimum absolute atomic E-state index is 0.534. The summed E-state index contributed by atoms with van der Waals surface area (Å²) in [6.07, 6.45) is 8.91. The van der Waals surface area contributed by atoms with Crippen LogP contribution in [0, 0.1) is 0 Å². The molecule has 0 unspecified atom stereocenters. The second-order valence-corrected chi connectivity index (χ2v) is 5.93. The van der Waals surface area contributed by atoms with Gasteiger partial charge < -0.3 is 24.3 Å². The highest BCUT2D eigenvalue weighted by atomic mass is 79.9. The van der Waals surface area contributed by atoms with Crippen molar-refractivity contribution < 1.29 is 19.0 Å². The molecule has 0 aliphatic carbocycles. The van der Waals surface area contributed by atoms with Crippen molar-refractivity contribution in [2.45, 2.75) is 26.2 Å². The molecule has 5 nitrogen and oxygen atoms in total. The van der Waals surface area contributed by atoms with E-state index in [9.17, 15) is 4.79 Å². The molecule has 6 heteroatoms. The van der Waals surface area contributed by atoms with Crippen LogP contribution in [0.15, 0.2) is 35.0 Å². The highest BCUT2D eigenvalue weighted by Crippen LogP contribution is 2.06. The number of rotatable bonds is 17. The van der Waals surface area contributed by atoms with Crippen molar-refractivity contribution >= 4 is 22.2 Å². The minimum atomic E-state index is 0.534. The van der Waals surface area contributed by atoms with Gasteiger partial charge in [0.1, 0.15) is 12.9 Å². The number of hydrogen-bond acceptors (Lipinski definition) is 5. The molecule has 0 aromatic carbocycles. The molecule has 138 valence electrons. The highest BCUT2D eigenvalue weighted by Gasteiger charge is 1.93. The number of unbranched alkanes of at least 4 members (excludes halogenated alkanes) is 2. The molecule has 0 saturated heterocycles. The summed E-state index contributed by atoms with van der Waals surface area (Å²) in [6.45, 7) is 10.3. The Bertz CT molecular complexity index is 383. The van der Waals surface area contributed by atoms with E-state index in [1.165, 1.54) is 0 Å². The van der Waals surface area contributed by atoms with Gasteiger partial charge in [0.15, 0.2) is 0 Å². The first-order valence-corrected chi connectivity index (χ1v) is 9.09. The zero-order valence-corrected chi connectivity index (χ0v) is 16.2. The van der Waals surface area contributed by atoms with Crippen LogP contribution in [0.5, 0.6) is 0 Å². The fourth-order valence-corrected chi connectivity index (χ4v) is 1.76. The second-order valence-electron chi connectivity index (χ2n) is 5.02. The summed E-state index contributed by atoms with van der Waals surface area (Å²) in [5.41, 5.74) is 0. The molecule has 0 fully saturated rings. The monoisotopic (exact) mass is 403 g/mol. The van der Waals surface area contributed by atoms with Crippen LogP contribution in [0.3, 0.4) is 0 Å². The van der Waals surface area contributed by atoms with E-state index in [0.29, 0.717) is 32.8 Å². The van der Waals surface area contributed by atoms with Gasteiger partial charge >= 0.3 is 0 Å². The summed E-state index contributed by atoms with van der Waals surface area (Å²) in [7, 11) is 0. The number of nitrogens with one attached hydrogen (secondary N) is 1. The predicted octanol–water partition coefficient (Wildman–Crippen LogP) is 3.36. The number of carbonyl (C=O) groups excluding carboxylic acids is 1. The SMILES string of the molecule is C=C/C(Br)=C\C=C(/C)OCCOCCNCCOCCCCC=O. The second kappa shape index (κ2) is 18.4. The quantitative estimate of drug-likeness (QED) is 0.174. The Morgan fingerprint density at radius 3 is 2.42 bits per heavy atom. The molecule has 0 aromatic rings. The maximum absolute atomic E-state index is 10.1. The summed E-state index contributed by atoms with van der Waals surface area (Å²) in [5, 5.41) is 3.25. The maximum atomic E-state index is 10.1. The van der Waals surface area contributed by atoms with Crippen molar-refractivity contribution in [3.63, 3.8) is 0 Å². The molecule has 0 aliphatic rings. The Labute approximate surface area is 154 Å². The Balaban J connectivity index is 3.28. The third-order valence-electron chi connectivity index (χ3n) is 2.94. The van der Waals surface area contributed by atoms with E-state index in [1.807, 2.05) is 19.1 Å². The smallest absolute Gasteiger partial charge is 0.119 e. The highest BCUT2D eigenvalue weighted by molar-refractivity contribution is 9.11. The van der Waals surface area contributed by atoms with Crippen molar-refractivity contribution in [3.8, 4) is 0 Å². The molecule has 0 radical (unpaired) electrons. The average Bonchev–Trinajstić information content (AvgIpc) is 2.59. The molecule has 0 aromatic heterocycles. The van der Waals surface area contributed by atoms with Crippen molar-refractivity contribution in [1.29, 1.82) is 0 Å². The van der Waals surface area contributed by atoms with Gasteiger partial charge in [0.25, 0.3) is 0 Å². The first kappa shape index (κ1) is 23.1. The Morgan fingerprint density at radius 1 is 1.04 bits per heavy atom. The van der Waals surface area contributed by atoms with Gasteiger partial charge in [-0.3, -0.25) is 0 Å². The van der Waals surface area contributed by atoms with Crippen LogP contribution in [0.25, 0.3) is 0 Å². The van der Waals surface area contributed by atoms with Gasteiger partial charge in [-0.05, 0) is 31.9 Å². The molecule has 1 N–H and O–H groups in total. The summed E-state index contributed by atoms with van der Waals surface area (Å²) >= 11 is 3.34. The van der Waals surface area contributed by atoms with Gasteiger partial charge in [0.05, 0.1) is 25.6 Å². The van der Waals surface area contributed by atoms with Crippen molar-refractivity contribution in [2.75, 3.05) is 46.1 Å². The number of aldehydes is 1. The molecule has 0 bridgehead atoms. The molecule has 0 aliphatic heterocycles. The molecular formula is C18H30BrNO4. The molecule has 0 atom stereocenters. The van der Waals surface area contributed by atoms with E-state index in [-0.39, 0.29) is 0 Å². The molecule has 24 heavy (non-hydrogen) atoms. The van der Waals surface area contributed by atoms with Crippen LogP contribution < -0.4 is 5.32 Å². The standard InChI is InChI=1S/C18H30BrNO4/c1-3-18(19)8-7-17(2)24-16-15-23-14-10-20-9-13-22-12-6-4-5-11-21/h3,7-8,11,20H,1,4-6,9-10,12-16H2,2H3/b17-7+,18-8+. The van der Waals surface area contributed by atoms with Gasteiger partial charge in [-0.2, -0.15) is 0 Å². The Hall–Kier alpha value is -0.950. The van der Waals surface area contributed by atoms with Gasteiger partial charge in [-0.1, -0.05) is 28.6 Å². The molecule has 0 saturated carbocycles. The average molecular weight is 404 g/mol. The lowest BCUT2D eigenvalue weighted by atomic mass is 10.3. The summed E-state index contributed by atoms with van der Waals surface area (Å²) < 4.78 is 17.3. The van der Waals surface area contributed by atoms with Crippen LogP contribution in [0.4, 0.5) is 0 Å². The minimum Gasteiger partial charge on any atom is -0.496 e. The largest absolute Gasteiger partial charge is 0.496 e. The number of halogens is 1. The van der Waals surface area contributed by atoms with Gasteiger partial charge in [-0.15, -0.1) is 0 Å². The van der Waals surface area contributed by atoms with Gasteiger partial charge in [-0.25, -0.2) is 0 Å². The van der Waals surface area contributed by atoms with Crippen LogP contribution in [0.1, 0.15) is 26.2 Å². The van der Waals surface area contributed by atoms with Crippen molar-refractivity contribution in [1.82, 2.24) is 5.32 Å². The molecule has 0 rings (SSSR count). The molecule has 0 spiro atoms. The van der Waals surface area contributed by atoms with E-state index in [1.54, 1.807) is 6.08 Å². The van der Waals surface area contributed by atoms with Gasteiger partial charge in [0.2, 0.25) is 0 Å². The predicted molar refractivity (Wildman–Crippen MR) is 101 cm³/mol. The summed E-state index contributed by atoms with van der Waals surface area (Å²) in [5.74, 6) is 0.834. The lowest BCUT2D eigenvalue weighted by Gasteiger charge is -2.08. The first-order valence-electron chi connectivity index (χ1n) is 8.30. The Kier molecular flexibility index (Phi) is 17.7.